The van der Waals surface area contributed by atoms with E-state index in [-0.39, 0.29) is 24.0 Å². The van der Waals surface area contributed by atoms with Crippen LogP contribution >= 0.6 is 0 Å². The van der Waals surface area contributed by atoms with Crippen LogP contribution in [0.15, 0.2) is 30.6 Å². The maximum atomic E-state index is 13.0. The smallest absolute Gasteiger partial charge is 0.266 e. The predicted octanol–water partition coefficient (Wildman–Crippen LogP) is 1.45. The molecule has 0 saturated carbocycles. The summed E-state index contributed by atoms with van der Waals surface area (Å²) in [5, 5.41) is 6.42. The molecule has 0 bridgehead atoms. The lowest BCUT2D eigenvalue weighted by Crippen LogP contribution is -2.54. The number of benzene rings is 1. The van der Waals surface area contributed by atoms with E-state index in [2.05, 4.69) is 10.4 Å². The molecule has 3 heterocycles. The summed E-state index contributed by atoms with van der Waals surface area (Å²) in [6, 6.07) is 3.86. The molecule has 2 aliphatic rings. The number of imide groups is 2. The number of piperidine rings is 1. The number of carbonyl (C=O) groups is 4. The number of nitrogens with one attached hydrogen (secondary N) is 1. The van der Waals surface area contributed by atoms with Gasteiger partial charge in [-0.2, -0.15) is 5.10 Å². The van der Waals surface area contributed by atoms with Gasteiger partial charge < -0.3 is 4.74 Å². The van der Waals surface area contributed by atoms with Crippen LogP contribution in [0, 0.1) is 6.92 Å². The third-order valence-corrected chi connectivity index (χ3v) is 5.23. The largest absolute Gasteiger partial charge is 0.493 e. The minimum absolute atomic E-state index is 0.0863. The van der Waals surface area contributed by atoms with E-state index in [1.165, 1.54) is 0 Å². The van der Waals surface area contributed by atoms with Gasteiger partial charge in [0, 0.05) is 19.2 Å². The van der Waals surface area contributed by atoms with Gasteiger partial charge in [0.05, 0.1) is 23.9 Å². The number of aryl methyl sites for hydroxylation is 2. The molecule has 1 fully saturated rings. The second-order valence-corrected chi connectivity index (χ2v) is 7.46. The minimum Gasteiger partial charge on any atom is -0.493 e. The molecule has 1 unspecified atom stereocenters. The van der Waals surface area contributed by atoms with Gasteiger partial charge in [0.15, 0.2) is 0 Å². The zero-order valence-corrected chi connectivity index (χ0v) is 16.6. The van der Waals surface area contributed by atoms with Crippen molar-refractivity contribution >= 4 is 23.6 Å². The number of nitrogens with zero attached hydrogens (tertiary/aromatic N) is 3. The number of amides is 4. The van der Waals surface area contributed by atoms with E-state index < -0.39 is 29.7 Å². The molecular formula is C21H22N4O5. The van der Waals surface area contributed by atoms with Crippen LogP contribution in [0.5, 0.6) is 5.75 Å². The molecule has 156 valence electrons. The summed E-state index contributed by atoms with van der Waals surface area (Å²) >= 11 is 0. The maximum Gasteiger partial charge on any atom is 0.266 e. The number of hydrogen-bond acceptors (Lipinski definition) is 6. The van der Waals surface area contributed by atoms with Gasteiger partial charge in [0.2, 0.25) is 11.8 Å². The summed E-state index contributed by atoms with van der Waals surface area (Å²) in [7, 11) is 0. The van der Waals surface area contributed by atoms with Gasteiger partial charge in [-0.3, -0.25) is 34.1 Å². The molecule has 1 aromatic carbocycles. The Balaban J connectivity index is 1.41. The van der Waals surface area contributed by atoms with Crippen LogP contribution in [-0.2, 0) is 16.1 Å². The van der Waals surface area contributed by atoms with Crippen LogP contribution in [0.2, 0.25) is 0 Å². The Morgan fingerprint density at radius 3 is 2.73 bits per heavy atom. The monoisotopic (exact) mass is 410 g/mol. The summed E-state index contributed by atoms with van der Waals surface area (Å²) in [6.45, 7) is 3.14. The van der Waals surface area contributed by atoms with E-state index >= 15 is 0 Å². The number of unbranched alkanes of at least 4 members (excludes halogenated alkanes) is 1. The van der Waals surface area contributed by atoms with E-state index in [0.717, 1.165) is 29.8 Å². The number of carbonyl (C=O) groups excluding carboxylic acids is 4. The average Bonchev–Trinajstić information content (AvgIpc) is 3.24. The summed E-state index contributed by atoms with van der Waals surface area (Å²) in [6.07, 6.45) is 5.59. The van der Waals surface area contributed by atoms with E-state index in [4.69, 9.17) is 4.74 Å². The van der Waals surface area contributed by atoms with Gasteiger partial charge in [0.1, 0.15) is 11.8 Å². The lowest BCUT2D eigenvalue weighted by molar-refractivity contribution is -0.136. The summed E-state index contributed by atoms with van der Waals surface area (Å²) < 4.78 is 7.68. The lowest BCUT2D eigenvalue weighted by Gasteiger charge is -2.27. The van der Waals surface area contributed by atoms with Crippen molar-refractivity contribution in [2.24, 2.45) is 0 Å². The number of rotatable bonds is 7. The van der Waals surface area contributed by atoms with E-state index in [9.17, 15) is 19.2 Å². The highest BCUT2D eigenvalue weighted by Crippen LogP contribution is 2.33. The Labute approximate surface area is 173 Å². The molecule has 30 heavy (non-hydrogen) atoms. The van der Waals surface area contributed by atoms with Gasteiger partial charge in [-0.25, -0.2) is 0 Å². The van der Waals surface area contributed by atoms with Gasteiger partial charge in [-0.1, -0.05) is 6.07 Å². The topological polar surface area (TPSA) is 111 Å². The summed E-state index contributed by atoms with van der Waals surface area (Å²) in [5.41, 5.74) is 1.50. The highest BCUT2D eigenvalue weighted by atomic mass is 16.5. The second kappa shape index (κ2) is 8.10. The maximum absolute atomic E-state index is 13.0. The molecule has 9 nitrogen and oxygen atoms in total. The van der Waals surface area contributed by atoms with E-state index in [1.54, 1.807) is 24.4 Å². The van der Waals surface area contributed by atoms with Gasteiger partial charge in [-0.15, -0.1) is 0 Å². The van der Waals surface area contributed by atoms with Gasteiger partial charge in [0.25, 0.3) is 11.8 Å². The highest BCUT2D eigenvalue weighted by molar-refractivity contribution is 6.24. The number of fused-ring (bicyclic) bond motifs is 1. The first-order chi connectivity index (χ1) is 14.5. The van der Waals surface area contributed by atoms with Crippen molar-refractivity contribution in [2.45, 2.75) is 45.2 Å². The zero-order valence-electron chi connectivity index (χ0n) is 16.6. The third kappa shape index (κ3) is 3.70. The van der Waals surface area contributed by atoms with Crippen LogP contribution in [0.1, 0.15) is 52.0 Å². The lowest BCUT2D eigenvalue weighted by atomic mass is 10.0. The minimum atomic E-state index is -0.986. The molecule has 0 aliphatic carbocycles. The first-order valence-corrected chi connectivity index (χ1v) is 9.92. The first-order valence-electron chi connectivity index (χ1n) is 9.92. The van der Waals surface area contributed by atoms with Crippen molar-refractivity contribution in [3.05, 3.63) is 47.3 Å². The quantitative estimate of drug-likeness (QED) is 0.546. The van der Waals surface area contributed by atoms with Crippen LogP contribution in [0.3, 0.4) is 0 Å². The Morgan fingerprint density at radius 2 is 2.00 bits per heavy atom. The first kappa shape index (κ1) is 19.8. The molecule has 1 atom stereocenters. The number of ether oxygens (including phenoxy) is 1. The molecule has 1 saturated heterocycles. The Hall–Kier alpha value is -3.49. The van der Waals surface area contributed by atoms with Crippen molar-refractivity contribution < 1.29 is 23.9 Å². The zero-order chi connectivity index (χ0) is 21.3. The van der Waals surface area contributed by atoms with Crippen molar-refractivity contribution in [3.8, 4) is 5.75 Å². The van der Waals surface area contributed by atoms with Crippen LogP contribution in [0.4, 0.5) is 0 Å². The fourth-order valence-electron chi connectivity index (χ4n) is 3.75. The standard InChI is InChI=1S/C21H22N4O5/c1-13-11-22-24(12-13)9-2-3-10-30-16-6-4-5-14-18(16)21(29)25(20(14)28)15-7-8-17(26)23-19(15)27/h4-6,11-12,15H,2-3,7-10H2,1H3,(H,23,26,27). The molecule has 4 rings (SSSR count). The Morgan fingerprint density at radius 1 is 1.17 bits per heavy atom. The van der Waals surface area contributed by atoms with Crippen LogP contribution in [-0.4, -0.2) is 51.0 Å². The van der Waals surface area contributed by atoms with E-state index in [0.29, 0.717) is 12.4 Å². The Bertz CT molecular complexity index is 1030. The SMILES string of the molecule is Cc1cnn(CCCCOc2cccc3c2C(=O)N(C2CCC(=O)NC2=O)C3=O)c1. The molecule has 9 heteroatoms. The number of aromatic nitrogens is 2. The fraction of sp³-hybridized carbons (Fsp3) is 0.381. The van der Waals surface area contributed by atoms with E-state index in [1.807, 2.05) is 17.8 Å². The van der Waals surface area contributed by atoms with Crippen molar-refractivity contribution in [2.75, 3.05) is 6.61 Å². The molecule has 0 spiro atoms. The Kier molecular flexibility index (Phi) is 5.35. The highest BCUT2D eigenvalue weighted by Gasteiger charge is 2.45. The van der Waals surface area contributed by atoms with Crippen molar-refractivity contribution in [1.82, 2.24) is 20.0 Å². The second-order valence-electron chi connectivity index (χ2n) is 7.46. The van der Waals surface area contributed by atoms with Crippen LogP contribution in [0.25, 0.3) is 0 Å². The molecule has 0 radical (unpaired) electrons. The van der Waals surface area contributed by atoms with Gasteiger partial charge >= 0.3 is 0 Å². The summed E-state index contributed by atoms with van der Waals surface area (Å²) in [4.78, 5) is 50.3. The molecule has 1 N–H and O–H groups in total. The predicted molar refractivity (Wildman–Crippen MR) is 105 cm³/mol. The molecule has 1 aromatic heterocycles. The van der Waals surface area contributed by atoms with Gasteiger partial charge in [-0.05, 0) is 43.9 Å². The van der Waals surface area contributed by atoms with Crippen LogP contribution < -0.4 is 10.1 Å². The molecule has 2 aromatic rings. The molecular weight excluding hydrogens is 388 g/mol. The van der Waals surface area contributed by atoms with Crippen molar-refractivity contribution in [3.63, 3.8) is 0 Å². The fourth-order valence-corrected chi connectivity index (χ4v) is 3.75. The third-order valence-electron chi connectivity index (χ3n) is 5.23. The van der Waals surface area contributed by atoms with Crippen molar-refractivity contribution in [1.29, 1.82) is 0 Å². The molecule has 4 amide bonds. The summed E-state index contributed by atoms with van der Waals surface area (Å²) in [5.74, 6) is -1.80. The molecule has 2 aliphatic heterocycles. The average molecular weight is 410 g/mol. The number of hydrogen-bond donors (Lipinski definition) is 1. The normalized spacial score (nSPS) is 18.6.